The van der Waals surface area contributed by atoms with Gasteiger partial charge in [0, 0.05) is 30.4 Å². The molecule has 0 radical (unpaired) electrons. The summed E-state index contributed by atoms with van der Waals surface area (Å²) in [4.78, 5) is 17.2. The highest BCUT2D eigenvalue weighted by Gasteiger charge is 2.17. The van der Waals surface area contributed by atoms with Gasteiger partial charge in [0.15, 0.2) is 0 Å². The molecule has 0 unspecified atom stereocenters. The van der Waals surface area contributed by atoms with Crippen LogP contribution in [0.2, 0.25) is 5.02 Å². The molecule has 1 N–H and O–H groups in total. The molecule has 2 heterocycles. The lowest BCUT2D eigenvalue weighted by Gasteiger charge is -2.30. The Balaban J connectivity index is 1.46. The molecule has 2 saturated heterocycles. The topological polar surface area (TPSA) is 44.8 Å². The van der Waals surface area contributed by atoms with Crippen LogP contribution in [0.5, 0.6) is 0 Å². The highest BCUT2D eigenvalue weighted by atomic mass is 35.5. The predicted octanol–water partition coefficient (Wildman–Crippen LogP) is 3.72. The number of amides is 1. The van der Waals surface area contributed by atoms with Gasteiger partial charge in [0.1, 0.15) is 0 Å². The van der Waals surface area contributed by atoms with E-state index in [9.17, 15) is 4.79 Å². The molecule has 0 aliphatic carbocycles. The summed E-state index contributed by atoms with van der Waals surface area (Å²) in [6.07, 6.45) is 5.34. The zero-order chi connectivity index (χ0) is 18.9. The van der Waals surface area contributed by atoms with E-state index in [1.54, 1.807) is 11.8 Å². The van der Waals surface area contributed by atoms with Crippen LogP contribution in [0.25, 0.3) is 0 Å². The van der Waals surface area contributed by atoms with Gasteiger partial charge in [0.25, 0.3) is 0 Å². The van der Waals surface area contributed by atoms with Crippen molar-refractivity contribution in [2.45, 2.75) is 25.7 Å². The summed E-state index contributed by atoms with van der Waals surface area (Å²) in [5.74, 6) is 1.51. The summed E-state index contributed by atoms with van der Waals surface area (Å²) in [5.41, 5.74) is 1.81. The van der Waals surface area contributed by atoms with E-state index in [4.69, 9.17) is 16.3 Å². The fraction of sp³-hybridized carbons (Fsp3) is 0.650. The van der Waals surface area contributed by atoms with Gasteiger partial charge in [-0.1, -0.05) is 24.4 Å². The Labute approximate surface area is 171 Å². The van der Waals surface area contributed by atoms with Gasteiger partial charge in [-0.05, 0) is 44.1 Å². The Morgan fingerprint density at radius 2 is 1.85 bits per heavy atom. The van der Waals surface area contributed by atoms with Gasteiger partial charge in [0.05, 0.1) is 30.3 Å². The molecule has 2 aliphatic heterocycles. The molecule has 1 aromatic carbocycles. The molecule has 0 bridgehead atoms. The van der Waals surface area contributed by atoms with E-state index >= 15 is 0 Å². The van der Waals surface area contributed by atoms with Gasteiger partial charge in [-0.25, -0.2) is 0 Å². The Kier molecular flexibility index (Phi) is 8.58. The van der Waals surface area contributed by atoms with Crippen molar-refractivity contribution < 1.29 is 9.53 Å². The second-order valence-electron chi connectivity index (χ2n) is 7.12. The van der Waals surface area contributed by atoms with E-state index in [2.05, 4.69) is 15.1 Å². The molecule has 0 spiro atoms. The van der Waals surface area contributed by atoms with Crippen LogP contribution in [-0.4, -0.2) is 68.3 Å². The second-order valence-corrected chi connectivity index (χ2v) is 8.66. The van der Waals surface area contributed by atoms with Crippen LogP contribution in [0.1, 0.15) is 25.7 Å². The molecule has 0 saturated carbocycles. The van der Waals surface area contributed by atoms with E-state index in [0.29, 0.717) is 24.0 Å². The second kappa shape index (κ2) is 11.1. The molecule has 27 heavy (non-hydrogen) atoms. The van der Waals surface area contributed by atoms with Crippen molar-refractivity contribution in [1.82, 2.24) is 4.90 Å². The fourth-order valence-corrected chi connectivity index (χ4v) is 4.55. The molecule has 1 aromatic rings. The van der Waals surface area contributed by atoms with Gasteiger partial charge in [-0.3, -0.25) is 4.79 Å². The number of carbonyl (C=O) groups excluding carboxylic acids is 1. The molecule has 3 rings (SSSR count). The lowest BCUT2D eigenvalue weighted by atomic mass is 10.2. The number of nitrogens with zero attached hydrogens (tertiary/aromatic N) is 2. The van der Waals surface area contributed by atoms with E-state index in [1.807, 2.05) is 18.2 Å². The molecule has 2 aliphatic rings. The standard InChI is InChI=1S/C20H30ClN3O2S/c21-17-5-6-19(24-9-12-26-13-10-24)18(15-17)22-20(25)16-27-14-11-23-7-3-1-2-4-8-23/h5-6,15H,1-4,7-14,16H2,(H,22,25). The summed E-state index contributed by atoms with van der Waals surface area (Å²) >= 11 is 7.87. The number of rotatable bonds is 7. The van der Waals surface area contributed by atoms with Crippen LogP contribution in [0.3, 0.4) is 0 Å². The Morgan fingerprint density at radius 3 is 2.59 bits per heavy atom. The average molecular weight is 412 g/mol. The molecule has 2 fully saturated rings. The molecule has 1 amide bonds. The predicted molar refractivity (Wildman–Crippen MR) is 115 cm³/mol. The van der Waals surface area contributed by atoms with Crippen molar-refractivity contribution in [2.75, 3.05) is 67.7 Å². The maximum absolute atomic E-state index is 12.4. The largest absolute Gasteiger partial charge is 0.378 e. The minimum atomic E-state index is 0.0349. The van der Waals surface area contributed by atoms with Crippen molar-refractivity contribution in [3.8, 4) is 0 Å². The lowest BCUT2D eigenvalue weighted by Crippen LogP contribution is -2.36. The summed E-state index contributed by atoms with van der Waals surface area (Å²) < 4.78 is 5.43. The van der Waals surface area contributed by atoms with Gasteiger partial charge in [-0.15, -0.1) is 0 Å². The van der Waals surface area contributed by atoms with Crippen LogP contribution in [0.4, 0.5) is 11.4 Å². The quantitative estimate of drug-likeness (QED) is 0.692. The number of ether oxygens (including phenoxy) is 1. The zero-order valence-electron chi connectivity index (χ0n) is 15.9. The number of thioether (sulfide) groups is 1. The van der Waals surface area contributed by atoms with Gasteiger partial charge in [-0.2, -0.15) is 11.8 Å². The summed E-state index contributed by atoms with van der Waals surface area (Å²) in [6.45, 7) is 6.57. The van der Waals surface area contributed by atoms with Crippen molar-refractivity contribution >= 4 is 40.6 Å². The van der Waals surface area contributed by atoms with Gasteiger partial charge < -0.3 is 19.9 Å². The SMILES string of the molecule is O=C(CSCCN1CCCCCC1)Nc1cc(Cl)ccc1N1CCOCC1. The van der Waals surface area contributed by atoms with Gasteiger partial charge >= 0.3 is 0 Å². The fourth-order valence-electron chi connectivity index (χ4n) is 3.59. The zero-order valence-corrected chi connectivity index (χ0v) is 17.5. The van der Waals surface area contributed by atoms with Crippen LogP contribution < -0.4 is 10.2 Å². The van der Waals surface area contributed by atoms with E-state index < -0.39 is 0 Å². The number of morpholine rings is 1. The summed E-state index contributed by atoms with van der Waals surface area (Å²) in [6, 6.07) is 5.69. The highest BCUT2D eigenvalue weighted by molar-refractivity contribution is 7.99. The molecular weight excluding hydrogens is 382 g/mol. The van der Waals surface area contributed by atoms with E-state index in [0.717, 1.165) is 36.8 Å². The number of likely N-dealkylation sites (tertiary alicyclic amines) is 1. The minimum Gasteiger partial charge on any atom is -0.378 e. The number of hydrogen-bond donors (Lipinski definition) is 1. The maximum Gasteiger partial charge on any atom is 0.234 e. The molecule has 7 heteroatoms. The third kappa shape index (κ3) is 6.86. The Bertz CT molecular complexity index is 603. The van der Waals surface area contributed by atoms with E-state index in [-0.39, 0.29) is 5.91 Å². The third-order valence-electron chi connectivity index (χ3n) is 5.07. The van der Waals surface area contributed by atoms with Crippen molar-refractivity contribution in [3.63, 3.8) is 0 Å². The molecule has 0 aromatic heterocycles. The number of nitrogens with one attached hydrogen (secondary N) is 1. The first-order chi connectivity index (χ1) is 13.2. The molecule has 5 nitrogen and oxygen atoms in total. The molecular formula is C20H30ClN3O2S. The first-order valence-electron chi connectivity index (χ1n) is 9.94. The summed E-state index contributed by atoms with van der Waals surface area (Å²) in [7, 11) is 0. The van der Waals surface area contributed by atoms with Crippen LogP contribution in [-0.2, 0) is 9.53 Å². The first kappa shape index (κ1) is 20.8. The number of anilines is 2. The van der Waals surface area contributed by atoms with Crippen LogP contribution >= 0.6 is 23.4 Å². The van der Waals surface area contributed by atoms with Crippen LogP contribution in [0, 0.1) is 0 Å². The first-order valence-corrected chi connectivity index (χ1v) is 11.5. The Hall–Kier alpha value is -0.950. The maximum atomic E-state index is 12.4. The minimum absolute atomic E-state index is 0.0349. The number of benzene rings is 1. The van der Waals surface area contributed by atoms with Gasteiger partial charge in [0.2, 0.25) is 5.91 Å². The summed E-state index contributed by atoms with van der Waals surface area (Å²) in [5, 5.41) is 3.69. The third-order valence-corrected chi connectivity index (χ3v) is 6.24. The number of halogens is 1. The molecule has 150 valence electrons. The van der Waals surface area contributed by atoms with Crippen molar-refractivity contribution in [3.05, 3.63) is 23.2 Å². The van der Waals surface area contributed by atoms with E-state index in [1.165, 1.54) is 38.8 Å². The number of carbonyl (C=O) groups is 1. The van der Waals surface area contributed by atoms with Crippen molar-refractivity contribution in [2.24, 2.45) is 0 Å². The Morgan fingerprint density at radius 1 is 1.11 bits per heavy atom. The van der Waals surface area contributed by atoms with Crippen molar-refractivity contribution in [1.29, 1.82) is 0 Å². The monoisotopic (exact) mass is 411 g/mol. The lowest BCUT2D eigenvalue weighted by molar-refractivity contribution is -0.113. The molecule has 0 atom stereocenters. The van der Waals surface area contributed by atoms with Crippen LogP contribution in [0.15, 0.2) is 18.2 Å². The average Bonchev–Trinajstić information content (AvgIpc) is 2.95. The number of hydrogen-bond acceptors (Lipinski definition) is 5. The normalized spacial score (nSPS) is 18.9. The highest BCUT2D eigenvalue weighted by Crippen LogP contribution is 2.30. The smallest absolute Gasteiger partial charge is 0.234 e.